The average Bonchev–Trinajstić information content (AvgIpc) is 3.52. The number of anilines is 1. The van der Waals surface area contributed by atoms with E-state index in [9.17, 15) is 19.4 Å². The highest BCUT2D eigenvalue weighted by Gasteiger charge is 2.61. The van der Waals surface area contributed by atoms with Crippen LogP contribution in [0, 0.1) is 11.2 Å². The fourth-order valence-corrected chi connectivity index (χ4v) is 5.73. The standard InChI is InChI=1S/C28H26ClFN4O3/c1-27(37)15-33(16-28(27)6-7-28)24-12-18(5-8-31-24)21-14-19(30)13-20(25(21)35)17-3-4-23(22(29)11-17)34-10-9-32(2)26(34)36/h3-5,8-14,35,37H,6-7,15-16H2,1-2H3/t27-/m0/s1. The van der Waals surface area contributed by atoms with Crippen molar-refractivity contribution >= 4 is 17.4 Å². The Morgan fingerprint density at radius 2 is 1.73 bits per heavy atom. The number of aryl methyl sites for hydroxylation is 1. The number of rotatable bonds is 4. The van der Waals surface area contributed by atoms with E-state index < -0.39 is 11.4 Å². The molecule has 4 aromatic rings. The molecule has 1 atom stereocenters. The number of pyridine rings is 1. The van der Waals surface area contributed by atoms with Gasteiger partial charge in [-0.05, 0) is 67.3 Å². The van der Waals surface area contributed by atoms with Gasteiger partial charge in [0.05, 0.1) is 16.3 Å². The van der Waals surface area contributed by atoms with Crippen molar-refractivity contribution in [2.45, 2.75) is 25.4 Å². The number of halogens is 2. The van der Waals surface area contributed by atoms with Crippen molar-refractivity contribution in [3.63, 3.8) is 0 Å². The zero-order valence-corrected chi connectivity index (χ0v) is 21.2. The molecule has 1 aliphatic heterocycles. The van der Waals surface area contributed by atoms with E-state index >= 15 is 0 Å². The van der Waals surface area contributed by atoms with Crippen LogP contribution in [0.5, 0.6) is 5.75 Å². The third-order valence-electron chi connectivity index (χ3n) is 7.91. The molecule has 0 unspecified atom stereocenters. The van der Waals surface area contributed by atoms with Gasteiger partial charge in [-0.3, -0.25) is 4.57 Å². The Balaban J connectivity index is 1.37. The number of hydrogen-bond acceptors (Lipinski definition) is 5. The summed E-state index contributed by atoms with van der Waals surface area (Å²) in [6, 6.07) is 11.1. The molecule has 37 heavy (non-hydrogen) atoms. The summed E-state index contributed by atoms with van der Waals surface area (Å²) >= 11 is 6.51. The Morgan fingerprint density at radius 1 is 1.03 bits per heavy atom. The zero-order valence-electron chi connectivity index (χ0n) is 20.4. The third kappa shape index (κ3) is 3.83. The van der Waals surface area contributed by atoms with E-state index in [1.54, 1.807) is 49.9 Å². The molecular weight excluding hydrogens is 495 g/mol. The molecule has 1 spiro atoms. The summed E-state index contributed by atoms with van der Waals surface area (Å²) in [5.74, 6) is 0.0699. The smallest absolute Gasteiger partial charge is 0.332 e. The fraction of sp³-hybridized carbons (Fsp3) is 0.286. The van der Waals surface area contributed by atoms with E-state index in [1.165, 1.54) is 21.3 Å². The first-order chi connectivity index (χ1) is 17.6. The summed E-state index contributed by atoms with van der Waals surface area (Å²) in [6.45, 7) is 3.06. The van der Waals surface area contributed by atoms with Crippen LogP contribution >= 0.6 is 11.6 Å². The molecule has 2 fully saturated rings. The van der Waals surface area contributed by atoms with Gasteiger partial charge in [-0.15, -0.1) is 0 Å². The van der Waals surface area contributed by atoms with Gasteiger partial charge in [-0.1, -0.05) is 17.7 Å². The van der Waals surface area contributed by atoms with Crippen LogP contribution < -0.4 is 10.6 Å². The van der Waals surface area contributed by atoms with Crippen LogP contribution in [0.15, 0.2) is 65.8 Å². The predicted octanol–water partition coefficient (Wildman–Crippen LogP) is 4.75. The van der Waals surface area contributed by atoms with Gasteiger partial charge in [0.2, 0.25) is 0 Å². The highest BCUT2D eigenvalue weighted by atomic mass is 35.5. The third-order valence-corrected chi connectivity index (χ3v) is 8.21. The number of aromatic nitrogens is 3. The van der Waals surface area contributed by atoms with E-state index in [0.29, 0.717) is 41.3 Å². The van der Waals surface area contributed by atoms with Gasteiger partial charge < -0.3 is 19.7 Å². The van der Waals surface area contributed by atoms with Crippen molar-refractivity contribution in [2.24, 2.45) is 12.5 Å². The van der Waals surface area contributed by atoms with Crippen LogP contribution in [0.4, 0.5) is 10.2 Å². The minimum atomic E-state index is -0.783. The largest absolute Gasteiger partial charge is 0.507 e. The number of benzene rings is 2. The number of aromatic hydroxyl groups is 1. The number of imidazole rings is 1. The molecule has 1 saturated carbocycles. The quantitative estimate of drug-likeness (QED) is 0.405. The minimum Gasteiger partial charge on any atom is -0.507 e. The average molecular weight is 521 g/mol. The Bertz CT molecular complexity index is 1600. The van der Waals surface area contributed by atoms with Crippen molar-refractivity contribution in [3.8, 4) is 33.7 Å². The molecule has 0 radical (unpaired) electrons. The van der Waals surface area contributed by atoms with Gasteiger partial charge in [0.1, 0.15) is 17.4 Å². The summed E-state index contributed by atoms with van der Waals surface area (Å²) in [7, 11) is 1.65. The van der Waals surface area contributed by atoms with Gasteiger partial charge in [0.25, 0.3) is 0 Å². The van der Waals surface area contributed by atoms with Crippen molar-refractivity contribution < 1.29 is 14.6 Å². The highest BCUT2D eigenvalue weighted by molar-refractivity contribution is 6.32. The molecular formula is C28H26ClFN4O3. The maximum atomic E-state index is 14.8. The van der Waals surface area contributed by atoms with Crippen LogP contribution in [0.25, 0.3) is 27.9 Å². The molecule has 6 rings (SSSR count). The summed E-state index contributed by atoms with van der Waals surface area (Å²) in [4.78, 5) is 18.9. The van der Waals surface area contributed by atoms with Crippen LogP contribution in [-0.4, -0.2) is 43.0 Å². The number of β-amino-alcohol motifs (C(OH)–C–C–N with tert-alkyl or cyclic N) is 1. The molecule has 0 bridgehead atoms. The molecule has 2 N–H and O–H groups in total. The van der Waals surface area contributed by atoms with Crippen molar-refractivity contribution in [3.05, 3.63) is 82.4 Å². The topological polar surface area (TPSA) is 83.5 Å². The maximum absolute atomic E-state index is 14.8. The van der Waals surface area contributed by atoms with Gasteiger partial charge >= 0.3 is 5.69 Å². The second-order valence-electron chi connectivity index (χ2n) is 10.4. The van der Waals surface area contributed by atoms with E-state index in [1.807, 2.05) is 13.0 Å². The van der Waals surface area contributed by atoms with Crippen LogP contribution in [0.1, 0.15) is 19.8 Å². The fourth-order valence-electron chi connectivity index (χ4n) is 5.46. The minimum absolute atomic E-state index is 0.0881. The van der Waals surface area contributed by atoms with Crippen molar-refractivity contribution in [2.75, 3.05) is 18.0 Å². The van der Waals surface area contributed by atoms with E-state index in [4.69, 9.17) is 11.6 Å². The van der Waals surface area contributed by atoms with Gasteiger partial charge in [-0.25, -0.2) is 14.2 Å². The van der Waals surface area contributed by atoms with Crippen LogP contribution in [0.2, 0.25) is 5.02 Å². The molecule has 3 heterocycles. The molecule has 9 heteroatoms. The second-order valence-corrected chi connectivity index (χ2v) is 10.8. The van der Waals surface area contributed by atoms with E-state index in [0.717, 1.165) is 12.8 Å². The highest BCUT2D eigenvalue weighted by Crippen LogP contribution is 2.58. The predicted molar refractivity (Wildman–Crippen MR) is 141 cm³/mol. The molecule has 2 aromatic carbocycles. The lowest BCUT2D eigenvalue weighted by molar-refractivity contribution is 0.0244. The molecule has 2 aliphatic rings. The monoisotopic (exact) mass is 520 g/mol. The molecule has 1 aliphatic carbocycles. The summed E-state index contributed by atoms with van der Waals surface area (Å²) in [5.41, 5.74) is 1.10. The first-order valence-electron chi connectivity index (χ1n) is 12.1. The van der Waals surface area contributed by atoms with Gasteiger partial charge in [0.15, 0.2) is 0 Å². The van der Waals surface area contributed by atoms with E-state index in [-0.39, 0.29) is 27.4 Å². The Kier molecular flexibility index (Phi) is 5.26. The van der Waals surface area contributed by atoms with Crippen LogP contribution in [-0.2, 0) is 7.05 Å². The zero-order chi connectivity index (χ0) is 26.1. The first kappa shape index (κ1) is 23.8. The van der Waals surface area contributed by atoms with E-state index in [2.05, 4.69) is 9.88 Å². The van der Waals surface area contributed by atoms with Gasteiger partial charge in [0, 0.05) is 55.3 Å². The lowest BCUT2D eigenvalue weighted by Crippen LogP contribution is -2.35. The van der Waals surface area contributed by atoms with Gasteiger partial charge in [-0.2, -0.15) is 0 Å². The Labute approximate surface area is 218 Å². The normalized spacial score (nSPS) is 20.1. The number of hydrogen-bond donors (Lipinski definition) is 2. The number of nitrogens with zero attached hydrogens (tertiary/aromatic N) is 4. The lowest BCUT2D eigenvalue weighted by atomic mass is 9.90. The lowest BCUT2D eigenvalue weighted by Gasteiger charge is -2.23. The molecule has 2 aromatic heterocycles. The number of phenols is 1. The summed E-state index contributed by atoms with van der Waals surface area (Å²) in [5, 5.41) is 22.4. The second kappa shape index (κ2) is 8.19. The summed E-state index contributed by atoms with van der Waals surface area (Å²) in [6.07, 6.45) is 6.86. The maximum Gasteiger partial charge on any atom is 0.332 e. The Hall–Kier alpha value is -3.62. The Morgan fingerprint density at radius 3 is 2.32 bits per heavy atom. The summed E-state index contributed by atoms with van der Waals surface area (Å²) < 4.78 is 17.7. The van der Waals surface area contributed by atoms with Crippen molar-refractivity contribution in [1.82, 2.24) is 14.1 Å². The number of phenolic OH excluding ortho intramolecular Hbond substituents is 1. The van der Waals surface area contributed by atoms with Crippen LogP contribution in [0.3, 0.4) is 0 Å². The molecule has 1 saturated heterocycles. The number of aliphatic hydroxyl groups is 1. The molecule has 7 nitrogen and oxygen atoms in total. The molecule has 0 amide bonds. The first-order valence-corrected chi connectivity index (χ1v) is 12.5. The van der Waals surface area contributed by atoms with Crippen molar-refractivity contribution in [1.29, 1.82) is 0 Å². The SMILES string of the molecule is Cn1ccn(-c2ccc(-c3cc(F)cc(-c4ccnc(N5CC6(CC6)[C@@](C)(O)C5)c4)c3O)cc2Cl)c1=O. The molecule has 190 valence electrons.